The van der Waals surface area contributed by atoms with E-state index in [1.54, 1.807) is 20.0 Å². The maximum absolute atomic E-state index is 13.4. The SMILES string of the molecule is Cc1ccc(F)cc1NC(=O)C1CCN(S(=O)(=O)c2cc(C(N)=O)n(C)c2)CC1. The van der Waals surface area contributed by atoms with Gasteiger partial charge in [-0.2, -0.15) is 4.31 Å². The van der Waals surface area contributed by atoms with Crippen molar-refractivity contribution in [2.75, 3.05) is 18.4 Å². The molecule has 2 amide bonds. The minimum absolute atomic E-state index is 0.00733. The summed E-state index contributed by atoms with van der Waals surface area (Å²) < 4.78 is 41.8. The molecule has 2 aromatic rings. The molecule has 0 saturated carbocycles. The Kier molecular flexibility index (Phi) is 5.76. The summed E-state index contributed by atoms with van der Waals surface area (Å²) in [6.07, 6.45) is 2.03. The Morgan fingerprint density at radius 2 is 1.86 bits per heavy atom. The van der Waals surface area contributed by atoms with Crippen molar-refractivity contribution in [1.29, 1.82) is 0 Å². The van der Waals surface area contributed by atoms with E-state index in [0.717, 1.165) is 5.56 Å². The van der Waals surface area contributed by atoms with Crippen molar-refractivity contribution in [1.82, 2.24) is 8.87 Å². The van der Waals surface area contributed by atoms with Gasteiger partial charge in [0.1, 0.15) is 16.4 Å². The number of nitrogens with zero attached hydrogens (tertiary/aromatic N) is 2. The summed E-state index contributed by atoms with van der Waals surface area (Å²) >= 11 is 0. The van der Waals surface area contributed by atoms with Gasteiger partial charge in [0.15, 0.2) is 0 Å². The lowest BCUT2D eigenvalue weighted by atomic mass is 9.97. The molecule has 0 unspecified atom stereocenters. The average molecular weight is 422 g/mol. The molecule has 1 aliphatic heterocycles. The number of halogens is 1. The summed E-state index contributed by atoms with van der Waals surface area (Å²) in [5, 5.41) is 2.73. The minimum atomic E-state index is -3.79. The summed E-state index contributed by atoms with van der Waals surface area (Å²) in [7, 11) is -2.25. The molecule has 29 heavy (non-hydrogen) atoms. The number of sulfonamides is 1. The van der Waals surface area contributed by atoms with E-state index < -0.39 is 21.7 Å². The van der Waals surface area contributed by atoms with Gasteiger partial charge in [-0.1, -0.05) is 6.07 Å². The fourth-order valence-corrected chi connectivity index (χ4v) is 4.93. The molecule has 3 rings (SSSR count). The molecule has 0 atom stereocenters. The highest BCUT2D eigenvalue weighted by Crippen LogP contribution is 2.26. The second kappa shape index (κ2) is 7.96. The Balaban J connectivity index is 1.66. The smallest absolute Gasteiger partial charge is 0.265 e. The number of rotatable bonds is 5. The standard InChI is InChI=1S/C19H23FN4O4S/c1-12-3-4-14(20)9-16(12)22-19(26)13-5-7-24(8-6-13)29(27,28)15-10-17(18(21)25)23(2)11-15/h3-4,9-11,13H,5-8H2,1-2H3,(H2,21,25)(H,22,26). The van der Waals surface area contributed by atoms with Crippen LogP contribution < -0.4 is 11.1 Å². The van der Waals surface area contributed by atoms with E-state index in [-0.39, 0.29) is 35.5 Å². The van der Waals surface area contributed by atoms with Crippen LogP contribution in [0.25, 0.3) is 0 Å². The molecular weight excluding hydrogens is 399 g/mol. The van der Waals surface area contributed by atoms with Crippen molar-refractivity contribution >= 4 is 27.5 Å². The van der Waals surface area contributed by atoms with Gasteiger partial charge in [-0.15, -0.1) is 0 Å². The number of hydrogen-bond acceptors (Lipinski definition) is 4. The third-order valence-electron chi connectivity index (χ3n) is 5.15. The number of aryl methyl sites for hydroxylation is 2. The molecule has 0 bridgehead atoms. The Labute approximate surface area is 168 Å². The molecule has 0 aliphatic carbocycles. The molecule has 1 saturated heterocycles. The summed E-state index contributed by atoms with van der Waals surface area (Å²) in [6.45, 7) is 2.11. The number of benzene rings is 1. The zero-order valence-corrected chi connectivity index (χ0v) is 17.0. The highest BCUT2D eigenvalue weighted by molar-refractivity contribution is 7.89. The van der Waals surface area contributed by atoms with Crippen LogP contribution >= 0.6 is 0 Å². The van der Waals surface area contributed by atoms with Gasteiger partial charge < -0.3 is 15.6 Å². The normalized spacial score (nSPS) is 16.0. The molecule has 1 aromatic heterocycles. The number of aromatic nitrogens is 1. The highest BCUT2D eigenvalue weighted by Gasteiger charge is 2.33. The van der Waals surface area contributed by atoms with E-state index in [0.29, 0.717) is 18.5 Å². The summed E-state index contributed by atoms with van der Waals surface area (Å²) in [5.74, 6) is -1.78. The third kappa shape index (κ3) is 4.33. The van der Waals surface area contributed by atoms with E-state index in [1.807, 2.05) is 0 Å². The predicted molar refractivity (Wildman–Crippen MR) is 105 cm³/mol. The number of nitrogens with one attached hydrogen (secondary N) is 1. The van der Waals surface area contributed by atoms with Crippen molar-refractivity contribution in [2.24, 2.45) is 18.7 Å². The first-order valence-electron chi connectivity index (χ1n) is 9.13. The van der Waals surface area contributed by atoms with Crippen LogP contribution in [0.3, 0.4) is 0 Å². The Bertz CT molecular complexity index is 1060. The van der Waals surface area contributed by atoms with Gasteiger partial charge >= 0.3 is 0 Å². The lowest BCUT2D eigenvalue weighted by Crippen LogP contribution is -2.41. The summed E-state index contributed by atoms with van der Waals surface area (Å²) in [4.78, 5) is 23.9. The second-order valence-corrected chi connectivity index (χ2v) is 9.10. The predicted octanol–water partition coefficient (Wildman–Crippen LogP) is 1.61. The molecule has 2 heterocycles. The zero-order valence-electron chi connectivity index (χ0n) is 16.2. The number of amides is 2. The molecule has 156 valence electrons. The van der Waals surface area contributed by atoms with Gasteiger partial charge in [0, 0.05) is 37.9 Å². The number of anilines is 1. The zero-order chi connectivity index (χ0) is 21.3. The molecule has 1 fully saturated rings. The lowest BCUT2D eigenvalue weighted by Gasteiger charge is -2.30. The maximum Gasteiger partial charge on any atom is 0.265 e. The van der Waals surface area contributed by atoms with Gasteiger partial charge in [-0.3, -0.25) is 9.59 Å². The van der Waals surface area contributed by atoms with E-state index in [4.69, 9.17) is 5.73 Å². The minimum Gasteiger partial charge on any atom is -0.364 e. The molecule has 3 N–H and O–H groups in total. The third-order valence-corrected chi connectivity index (χ3v) is 7.02. The number of piperidine rings is 1. The lowest BCUT2D eigenvalue weighted by molar-refractivity contribution is -0.120. The van der Waals surface area contributed by atoms with Gasteiger partial charge in [-0.25, -0.2) is 12.8 Å². The first kappa shape index (κ1) is 21.0. The van der Waals surface area contributed by atoms with Gasteiger partial charge in [0.05, 0.1) is 0 Å². The van der Waals surface area contributed by atoms with Gasteiger partial charge in [0.25, 0.3) is 5.91 Å². The fourth-order valence-electron chi connectivity index (χ4n) is 3.39. The van der Waals surface area contributed by atoms with E-state index in [2.05, 4.69) is 5.32 Å². The Hall–Kier alpha value is -2.72. The number of carbonyl (C=O) groups excluding carboxylic acids is 2. The Morgan fingerprint density at radius 3 is 2.45 bits per heavy atom. The van der Waals surface area contributed by atoms with Crippen LogP contribution in [0, 0.1) is 18.7 Å². The van der Waals surface area contributed by atoms with Crippen molar-refractivity contribution < 1.29 is 22.4 Å². The van der Waals surface area contributed by atoms with Crippen LogP contribution in [-0.2, 0) is 21.9 Å². The summed E-state index contributed by atoms with van der Waals surface area (Å²) in [5.41, 5.74) is 6.50. The van der Waals surface area contributed by atoms with Crippen LogP contribution in [0.1, 0.15) is 28.9 Å². The Morgan fingerprint density at radius 1 is 1.21 bits per heavy atom. The first-order valence-corrected chi connectivity index (χ1v) is 10.6. The van der Waals surface area contributed by atoms with Gasteiger partial charge in [-0.05, 0) is 43.5 Å². The summed E-state index contributed by atoms with van der Waals surface area (Å²) in [6, 6.07) is 5.42. The second-order valence-electron chi connectivity index (χ2n) is 7.16. The van der Waals surface area contributed by atoms with Crippen molar-refractivity contribution in [3.63, 3.8) is 0 Å². The number of primary amides is 1. The van der Waals surface area contributed by atoms with Crippen LogP contribution in [-0.4, -0.2) is 42.2 Å². The van der Waals surface area contributed by atoms with E-state index >= 15 is 0 Å². The first-order chi connectivity index (χ1) is 13.6. The number of nitrogens with two attached hydrogens (primary N) is 1. The van der Waals surface area contributed by atoms with Crippen LogP contribution in [0.15, 0.2) is 35.4 Å². The topological polar surface area (TPSA) is 114 Å². The molecule has 8 nitrogen and oxygen atoms in total. The number of carbonyl (C=O) groups is 2. The van der Waals surface area contributed by atoms with Crippen LogP contribution in [0.5, 0.6) is 0 Å². The van der Waals surface area contributed by atoms with Crippen LogP contribution in [0.2, 0.25) is 0 Å². The maximum atomic E-state index is 13.4. The molecule has 1 aliphatic rings. The van der Waals surface area contributed by atoms with E-state index in [9.17, 15) is 22.4 Å². The largest absolute Gasteiger partial charge is 0.364 e. The van der Waals surface area contributed by atoms with Crippen molar-refractivity contribution in [3.05, 3.63) is 47.5 Å². The molecule has 0 radical (unpaired) electrons. The molecule has 1 aromatic carbocycles. The average Bonchev–Trinajstić information content (AvgIpc) is 3.07. The van der Waals surface area contributed by atoms with E-state index in [1.165, 1.54) is 33.3 Å². The monoisotopic (exact) mass is 422 g/mol. The van der Waals surface area contributed by atoms with Gasteiger partial charge in [0.2, 0.25) is 15.9 Å². The quantitative estimate of drug-likeness (QED) is 0.762. The van der Waals surface area contributed by atoms with Crippen molar-refractivity contribution in [3.8, 4) is 0 Å². The molecular formula is C19H23FN4O4S. The molecule has 10 heteroatoms. The van der Waals surface area contributed by atoms with Crippen LogP contribution in [0.4, 0.5) is 10.1 Å². The highest BCUT2D eigenvalue weighted by atomic mass is 32.2. The fraction of sp³-hybridized carbons (Fsp3) is 0.368. The van der Waals surface area contributed by atoms with Crippen molar-refractivity contribution in [2.45, 2.75) is 24.7 Å². The molecule has 0 spiro atoms. The number of hydrogen-bond donors (Lipinski definition) is 2.